The van der Waals surface area contributed by atoms with Crippen molar-refractivity contribution in [2.75, 3.05) is 10.6 Å². The van der Waals surface area contributed by atoms with Gasteiger partial charge in [0.15, 0.2) is 6.10 Å². The summed E-state index contributed by atoms with van der Waals surface area (Å²) in [5.41, 5.74) is 2.09. The number of carbonyl (C=O) groups excluding carboxylic acids is 2. The Morgan fingerprint density at radius 3 is 2.44 bits per heavy atom. The molecular weight excluding hydrogens is 363 g/mol. The fraction of sp³-hybridized carbons (Fsp3) is 0.222. The zero-order valence-electron chi connectivity index (χ0n) is 14.0. The van der Waals surface area contributed by atoms with E-state index in [1.165, 1.54) is 6.92 Å². The first-order valence-corrected chi connectivity index (χ1v) is 8.32. The maximum absolute atomic E-state index is 12.3. The molecule has 0 saturated carbocycles. The highest BCUT2D eigenvalue weighted by atomic mass is 35.5. The quantitative estimate of drug-likeness (QED) is 0.791. The number of ether oxygens (including phenoxy) is 1. The molecule has 0 heterocycles. The molecule has 0 aliphatic rings. The average Bonchev–Trinajstić information content (AvgIpc) is 2.52. The molecule has 2 aromatic rings. The Hall–Kier alpha value is -2.24. The minimum Gasteiger partial charge on any atom is -0.479 e. The Balaban J connectivity index is 2.07. The molecule has 0 radical (unpaired) electrons. The summed E-state index contributed by atoms with van der Waals surface area (Å²) in [4.78, 5) is 23.5. The Labute approximate surface area is 156 Å². The standard InChI is InChI=1S/C18H18Cl2N2O3/c1-10-4-6-14(9-16(10)21-12(3)23)22-18(24)11(2)25-17-7-5-13(19)8-15(17)20/h4-9,11H,1-3H3,(H,21,23)(H,22,24). The molecule has 1 atom stereocenters. The molecule has 0 fully saturated rings. The number of halogens is 2. The van der Waals surface area contributed by atoms with Crippen molar-refractivity contribution in [3.63, 3.8) is 0 Å². The smallest absolute Gasteiger partial charge is 0.265 e. The van der Waals surface area contributed by atoms with E-state index in [2.05, 4.69) is 10.6 Å². The Kier molecular flexibility index (Phi) is 6.28. The monoisotopic (exact) mass is 380 g/mol. The summed E-state index contributed by atoms with van der Waals surface area (Å²) in [7, 11) is 0. The first kappa shape index (κ1) is 19.1. The van der Waals surface area contributed by atoms with E-state index in [4.69, 9.17) is 27.9 Å². The maximum atomic E-state index is 12.3. The average molecular weight is 381 g/mol. The lowest BCUT2D eigenvalue weighted by molar-refractivity contribution is -0.122. The Bertz CT molecular complexity index is 809. The summed E-state index contributed by atoms with van der Waals surface area (Å²) in [5, 5.41) is 6.28. The summed E-state index contributed by atoms with van der Waals surface area (Å²) in [6.07, 6.45) is -0.774. The van der Waals surface area contributed by atoms with E-state index in [1.54, 1.807) is 37.3 Å². The van der Waals surface area contributed by atoms with Gasteiger partial charge in [0.05, 0.1) is 5.02 Å². The van der Waals surface area contributed by atoms with E-state index in [9.17, 15) is 9.59 Å². The molecule has 132 valence electrons. The van der Waals surface area contributed by atoms with E-state index >= 15 is 0 Å². The first-order chi connectivity index (χ1) is 11.8. The van der Waals surface area contributed by atoms with Gasteiger partial charge in [-0.15, -0.1) is 0 Å². The van der Waals surface area contributed by atoms with Gasteiger partial charge in [-0.1, -0.05) is 29.3 Å². The van der Waals surface area contributed by atoms with Crippen LogP contribution in [0.1, 0.15) is 19.4 Å². The number of hydrogen-bond donors (Lipinski definition) is 2. The predicted octanol–water partition coefficient (Wildman–Crippen LogP) is 4.67. The van der Waals surface area contributed by atoms with Crippen molar-refractivity contribution in [1.29, 1.82) is 0 Å². The predicted molar refractivity (Wildman–Crippen MR) is 101 cm³/mol. The second-order valence-electron chi connectivity index (χ2n) is 5.53. The molecule has 2 N–H and O–H groups in total. The van der Waals surface area contributed by atoms with Crippen LogP contribution < -0.4 is 15.4 Å². The maximum Gasteiger partial charge on any atom is 0.265 e. The molecule has 2 aromatic carbocycles. The summed E-state index contributed by atoms with van der Waals surface area (Å²) in [6.45, 7) is 4.91. The van der Waals surface area contributed by atoms with E-state index < -0.39 is 6.10 Å². The van der Waals surface area contributed by atoms with E-state index in [-0.39, 0.29) is 11.8 Å². The van der Waals surface area contributed by atoms with Crippen LogP contribution in [-0.2, 0) is 9.59 Å². The SMILES string of the molecule is CC(=O)Nc1cc(NC(=O)C(C)Oc2ccc(Cl)cc2Cl)ccc1C. The number of aryl methyl sites for hydroxylation is 1. The molecule has 0 aliphatic heterocycles. The minimum absolute atomic E-state index is 0.180. The number of amides is 2. The zero-order valence-corrected chi connectivity index (χ0v) is 15.5. The Morgan fingerprint density at radius 2 is 1.80 bits per heavy atom. The van der Waals surface area contributed by atoms with Gasteiger partial charge in [-0.25, -0.2) is 0 Å². The summed E-state index contributed by atoms with van der Waals surface area (Å²) in [5.74, 6) is -0.152. The summed E-state index contributed by atoms with van der Waals surface area (Å²) < 4.78 is 5.58. The number of hydrogen-bond acceptors (Lipinski definition) is 3. The highest BCUT2D eigenvalue weighted by Gasteiger charge is 2.17. The molecule has 7 heteroatoms. The van der Waals surface area contributed by atoms with Gasteiger partial charge in [0.25, 0.3) is 5.91 Å². The lowest BCUT2D eigenvalue weighted by Gasteiger charge is -2.16. The van der Waals surface area contributed by atoms with Gasteiger partial charge < -0.3 is 15.4 Å². The highest BCUT2D eigenvalue weighted by molar-refractivity contribution is 6.35. The molecule has 0 spiro atoms. The molecule has 5 nitrogen and oxygen atoms in total. The fourth-order valence-electron chi connectivity index (χ4n) is 2.08. The molecule has 1 unspecified atom stereocenters. The highest BCUT2D eigenvalue weighted by Crippen LogP contribution is 2.28. The van der Waals surface area contributed by atoms with Crippen molar-refractivity contribution in [3.05, 3.63) is 52.0 Å². The third-order valence-electron chi connectivity index (χ3n) is 3.38. The number of rotatable bonds is 5. The molecule has 0 saturated heterocycles. The van der Waals surface area contributed by atoms with Gasteiger partial charge in [0.2, 0.25) is 5.91 Å². The van der Waals surface area contributed by atoms with E-state index in [1.807, 2.05) is 13.0 Å². The van der Waals surface area contributed by atoms with Crippen LogP contribution in [0.4, 0.5) is 11.4 Å². The van der Waals surface area contributed by atoms with Crippen molar-refractivity contribution in [2.45, 2.75) is 26.9 Å². The minimum atomic E-state index is -0.774. The largest absolute Gasteiger partial charge is 0.479 e. The van der Waals surface area contributed by atoms with Crippen molar-refractivity contribution in [2.24, 2.45) is 0 Å². The molecule has 0 bridgehead atoms. The molecular formula is C18H18Cl2N2O3. The Morgan fingerprint density at radius 1 is 1.08 bits per heavy atom. The number of nitrogens with one attached hydrogen (secondary N) is 2. The van der Waals surface area contributed by atoms with Gasteiger partial charge in [-0.2, -0.15) is 0 Å². The van der Waals surface area contributed by atoms with Crippen LogP contribution in [0.25, 0.3) is 0 Å². The number of carbonyl (C=O) groups is 2. The van der Waals surface area contributed by atoms with Gasteiger partial charge >= 0.3 is 0 Å². The van der Waals surface area contributed by atoms with Crippen molar-refractivity contribution < 1.29 is 14.3 Å². The molecule has 0 aromatic heterocycles. The van der Waals surface area contributed by atoms with Crippen LogP contribution in [0.15, 0.2) is 36.4 Å². The van der Waals surface area contributed by atoms with Crippen molar-refractivity contribution in [1.82, 2.24) is 0 Å². The van der Waals surface area contributed by atoms with Crippen LogP contribution in [-0.4, -0.2) is 17.9 Å². The third-order valence-corrected chi connectivity index (χ3v) is 3.91. The van der Waals surface area contributed by atoms with E-state index in [0.717, 1.165) is 5.56 Å². The van der Waals surface area contributed by atoms with Gasteiger partial charge in [0.1, 0.15) is 5.75 Å². The van der Waals surface area contributed by atoms with Crippen LogP contribution in [0.2, 0.25) is 10.0 Å². The van der Waals surface area contributed by atoms with Gasteiger partial charge in [0, 0.05) is 23.3 Å². The lowest BCUT2D eigenvalue weighted by atomic mass is 10.1. The molecule has 25 heavy (non-hydrogen) atoms. The first-order valence-electron chi connectivity index (χ1n) is 7.57. The lowest BCUT2D eigenvalue weighted by Crippen LogP contribution is -2.30. The second kappa shape index (κ2) is 8.23. The van der Waals surface area contributed by atoms with Crippen molar-refractivity contribution >= 4 is 46.4 Å². The number of anilines is 2. The van der Waals surface area contributed by atoms with Crippen LogP contribution in [0.3, 0.4) is 0 Å². The van der Waals surface area contributed by atoms with Crippen LogP contribution >= 0.6 is 23.2 Å². The van der Waals surface area contributed by atoms with Crippen molar-refractivity contribution in [3.8, 4) is 5.75 Å². The summed E-state index contributed by atoms with van der Waals surface area (Å²) in [6, 6.07) is 10.0. The van der Waals surface area contributed by atoms with Crippen LogP contribution in [0, 0.1) is 6.92 Å². The van der Waals surface area contributed by atoms with Crippen LogP contribution in [0.5, 0.6) is 5.75 Å². The van der Waals surface area contributed by atoms with Gasteiger partial charge in [-0.05, 0) is 49.7 Å². The second-order valence-corrected chi connectivity index (χ2v) is 6.38. The van der Waals surface area contributed by atoms with E-state index in [0.29, 0.717) is 27.2 Å². The molecule has 2 rings (SSSR count). The molecule has 0 aliphatic carbocycles. The van der Waals surface area contributed by atoms with Gasteiger partial charge in [-0.3, -0.25) is 9.59 Å². The summed E-state index contributed by atoms with van der Waals surface area (Å²) >= 11 is 11.9. The normalized spacial score (nSPS) is 11.6. The topological polar surface area (TPSA) is 67.4 Å². The molecule has 2 amide bonds. The third kappa shape index (κ3) is 5.37. The fourth-order valence-corrected chi connectivity index (χ4v) is 2.54. The zero-order chi connectivity index (χ0) is 18.6. The number of benzene rings is 2.